The van der Waals surface area contributed by atoms with Crippen molar-refractivity contribution >= 4 is 0 Å². The van der Waals surface area contributed by atoms with E-state index in [1.807, 2.05) is 6.92 Å². The number of hydrogen-bond donors (Lipinski definition) is 1. The standard InChI is InChI=1S/C16H25FN2O2/c1-11(2)19-6-7-20-14(9-19)10-21-16-5-4-13(12(3)18)8-15(16)17/h4-5,8,11-12,14H,6-7,9-10,18H2,1-3H3. The molecule has 4 nitrogen and oxygen atoms in total. The number of ether oxygens (including phenoxy) is 2. The fourth-order valence-electron chi connectivity index (χ4n) is 2.41. The predicted molar refractivity (Wildman–Crippen MR) is 80.9 cm³/mol. The SMILES string of the molecule is CC(N)c1ccc(OCC2CN(C(C)C)CCO2)c(F)c1. The second kappa shape index (κ2) is 7.20. The van der Waals surface area contributed by atoms with Crippen molar-refractivity contribution in [3.05, 3.63) is 29.6 Å². The van der Waals surface area contributed by atoms with E-state index in [2.05, 4.69) is 18.7 Å². The van der Waals surface area contributed by atoms with Gasteiger partial charge in [-0.3, -0.25) is 4.90 Å². The van der Waals surface area contributed by atoms with E-state index in [4.69, 9.17) is 15.2 Å². The van der Waals surface area contributed by atoms with E-state index in [1.54, 1.807) is 12.1 Å². The maximum atomic E-state index is 13.9. The minimum absolute atomic E-state index is 0.0198. The summed E-state index contributed by atoms with van der Waals surface area (Å²) in [6.07, 6.45) is -0.0198. The van der Waals surface area contributed by atoms with Crippen LogP contribution in [-0.2, 0) is 4.74 Å². The Morgan fingerprint density at radius 3 is 2.81 bits per heavy atom. The fraction of sp³-hybridized carbons (Fsp3) is 0.625. The first-order chi connectivity index (χ1) is 9.97. The van der Waals surface area contributed by atoms with Crippen LogP contribution in [0, 0.1) is 5.82 Å². The number of nitrogens with two attached hydrogens (primary N) is 1. The number of rotatable bonds is 5. The molecule has 1 heterocycles. The van der Waals surface area contributed by atoms with Gasteiger partial charge >= 0.3 is 0 Å². The van der Waals surface area contributed by atoms with Gasteiger partial charge < -0.3 is 15.2 Å². The molecule has 2 atom stereocenters. The minimum atomic E-state index is -0.374. The van der Waals surface area contributed by atoms with E-state index in [9.17, 15) is 4.39 Å². The molecule has 1 fully saturated rings. The Bertz CT molecular complexity index is 466. The molecule has 0 aliphatic carbocycles. The summed E-state index contributed by atoms with van der Waals surface area (Å²) in [4.78, 5) is 2.34. The van der Waals surface area contributed by atoms with Gasteiger partial charge in [0.2, 0.25) is 0 Å². The van der Waals surface area contributed by atoms with Gasteiger partial charge in [0.25, 0.3) is 0 Å². The molecule has 0 saturated carbocycles. The first-order valence-electron chi connectivity index (χ1n) is 7.51. The van der Waals surface area contributed by atoms with Crippen molar-refractivity contribution in [2.24, 2.45) is 5.73 Å². The van der Waals surface area contributed by atoms with Crippen molar-refractivity contribution in [1.29, 1.82) is 0 Å². The van der Waals surface area contributed by atoms with Crippen molar-refractivity contribution in [2.75, 3.05) is 26.3 Å². The maximum absolute atomic E-state index is 13.9. The Hall–Kier alpha value is -1.17. The monoisotopic (exact) mass is 296 g/mol. The summed E-state index contributed by atoms with van der Waals surface area (Å²) in [6.45, 7) is 8.95. The zero-order valence-corrected chi connectivity index (χ0v) is 13.0. The van der Waals surface area contributed by atoms with Crippen LogP contribution >= 0.6 is 0 Å². The van der Waals surface area contributed by atoms with Crippen LogP contribution in [-0.4, -0.2) is 43.3 Å². The van der Waals surface area contributed by atoms with Gasteiger partial charge in [-0.15, -0.1) is 0 Å². The highest BCUT2D eigenvalue weighted by atomic mass is 19.1. The molecule has 1 aromatic rings. The van der Waals surface area contributed by atoms with Gasteiger partial charge in [0.15, 0.2) is 11.6 Å². The molecule has 0 spiro atoms. The quantitative estimate of drug-likeness (QED) is 0.906. The third kappa shape index (κ3) is 4.40. The van der Waals surface area contributed by atoms with Crippen molar-refractivity contribution in [1.82, 2.24) is 4.90 Å². The van der Waals surface area contributed by atoms with Gasteiger partial charge in [0, 0.05) is 25.2 Å². The zero-order valence-electron chi connectivity index (χ0n) is 13.0. The Morgan fingerprint density at radius 1 is 1.43 bits per heavy atom. The maximum Gasteiger partial charge on any atom is 0.165 e. The summed E-state index contributed by atoms with van der Waals surface area (Å²) in [5.41, 5.74) is 6.50. The second-order valence-electron chi connectivity index (χ2n) is 5.87. The summed E-state index contributed by atoms with van der Waals surface area (Å²) >= 11 is 0. The van der Waals surface area contributed by atoms with Crippen LogP contribution in [0.1, 0.15) is 32.4 Å². The molecule has 2 rings (SSSR count). The average Bonchev–Trinajstić information content (AvgIpc) is 2.46. The lowest BCUT2D eigenvalue weighted by Gasteiger charge is -2.35. The summed E-state index contributed by atoms with van der Waals surface area (Å²) in [7, 11) is 0. The van der Waals surface area contributed by atoms with Crippen molar-refractivity contribution in [2.45, 2.75) is 39.0 Å². The van der Waals surface area contributed by atoms with E-state index in [1.165, 1.54) is 6.07 Å². The smallest absolute Gasteiger partial charge is 0.165 e. The highest BCUT2D eigenvalue weighted by Gasteiger charge is 2.23. The zero-order chi connectivity index (χ0) is 15.4. The molecule has 21 heavy (non-hydrogen) atoms. The van der Waals surface area contributed by atoms with Gasteiger partial charge in [-0.2, -0.15) is 0 Å². The minimum Gasteiger partial charge on any atom is -0.488 e. The molecular weight excluding hydrogens is 271 g/mol. The average molecular weight is 296 g/mol. The Labute approximate surface area is 126 Å². The molecule has 2 N–H and O–H groups in total. The number of hydrogen-bond acceptors (Lipinski definition) is 4. The van der Waals surface area contributed by atoms with Crippen molar-refractivity contribution in [3.63, 3.8) is 0 Å². The lowest BCUT2D eigenvalue weighted by atomic mass is 10.1. The summed E-state index contributed by atoms with van der Waals surface area (Å²) in [5.74, 6) is -0.119. The molecule has 2 unspecified atom stereocenters. The van der Waals surface area contributed by atoms with Gasteiger partial charge in [0.1, 0.15) is 12.7 Å². The molecule has 0 bridgehead atoms. The Morgan fingerprint density at radius 2 is 2.19 bits per heavy atom. The topological polar surface area (TPSA) is 47.7 Å². The Kier molecular flexibility index (Phi) is 5.56. The third-order valence-corrected chi connectivity index (χ3v) is 3.81. The van der Waals surface area contributed by atoms with Crippen LogP contribution in [0.4, 0.5) is 4.39 Å². The van der Waals surface area contributed by atoms with Crippen LogP contribution in [0.3, 0.4) is 0 Å². The van der Waals surface area contributed by atoms with E-state index < -0.39 is 0 Å². The molecule has 0 amide bonds. The van der Waals surface area contributed by atoms with Crippen LogP contribution in [0.25, 0.3) is 0 Å². The lowest BCUT2D eigenvalue weighted by Crippen LogP contribution is -2.47. The molecule has 1 saturated heterocycles. The number of nitrogens with zero attached hydrogens (tertiary/aromatic N) is 1. The van der Waals surface area contributed by atoms with E-state index in [0.29, 0.717) is 19.3 Å². The third-order valence-electron chi connectivity index (χ3n) is 3.81. The van der Waals surface area contributed by atoms with Crippen LogP contribution in [0.5, 0.6) is 5.75 Å². The summed E-state index contributed by atoms with van der Waals surface area (Å²) in [5, 5.41) is 0. The molecule has 118 valence electrons. The number of morpholine rings is 1. The van der Waals surface area contributed by atoms with E-state index >= 15 is 0 Å². The van der Waals surface area contributed by atoms with Gasteiger partial charge in [-0.25, -0.2) is 4.39 Å². The largest absolute Gasteiger partial charge is 0.488 e. The molecule has 0 aromatic heterocycles. The second-order valence-corrected chi connectivity index (χ2v) is 5.87. The van der Waals surface area contributed by atoms with Gasteiger partial charge in [0.05, 0.1) is 6.61 Å². The lowest BCUT2D eigenvalue weighted by molar-refractivity contribution is -0.0568. The molecule has 0 radical (unpaired) electrons. The van der Waals surface area contributed by atoms with Crippen molar-refractivity contribution in [3.8, 4) is 5.75 Å². The predicted octanol–water partition coefficient (Wildman–Crippen LogP) is 2.33. The molecule has 1 aliphatic rings. The van der Waals surface area contributed by atoms with Crippen LogP contribution < -0.4 is 10.5 Å². The van der Waals surface area contributed by atoms with Gasteiger partial charge in [-0.05, 0) is 38.5 Å². The molecule has 1 aromatic carbocycles. The summed E-state index contributed by atoms with van der Waals surface area (Å²) in [6, 6.07) is 5.16. The first-order valence-corrected chi connectivity index (χ1v) is 7.51. The number of halogens is 1. The number of benzene rings is 1. The van der Waals surface area contributed by atoms with E-state index in [-0.39, 0.29) is 23.7 Å². The Balaban J connectivity index is 1.91. The first kappa shape index (κ1) is 16.2. The van der Waals surface area contributed by atoms with Crippen molar-refractivity contribution < 1.29 is 13.9 Å². The fourth-order valence-corrected chi connectivity index (χ4v) is 2.41. The molecule has 1 aliphatic heterocycles. The molecular formula is C16H25FN2O2. The molecule has 5 heteroatoms. The van der Waals surface area contributed by atoms with E-state index in [0.717, 1.165) is 18.7 Å². The summed E-state index contributed by atoms with van der Waals surface area (Å²) < 4.78 is 25.2. The highest BCUT2D eigenvalue weighted by Crippen LogP contribution is 2.22. The highest BCUT2D eigenvalue weighted by molar-refractivity contribution is 5.30. The normalized spacial score (nSPS) is 21.5. The van der Waals surface area contributed by atoms with Gasteiger partial charge in [-0.1, -0.05) is 6.07 Å². The van der Waals surface area contributed by atoms with Crippen LogP contribution in [0.2, 0.25) is 0 Å². The van der Waals surface area contributed by atoms with Crippen LogP contribution in [0.15, 0.2) is 18.2 Å².